The van der Waals surface area contributed by atoms with E-state index >= 15 is 0 Å². The van der Waals surface area contributed by atoms with Crippen LogP contribution in [0.2, 0.25) is 0 Å². The Morgan fingerprint density at radius 2 is 2.00 bits per heavy atom. The van der Waals surface area contributed by atoms with Gasteiger partial charge in [-0.05, 0) is 37.3 Å². The van der Waals surface area contributed by atoms with Crippen molar-refractivity contribution >= 4 is 39.1 Å². The molecule has 0 aliphatic rings. The number of ether oxygens (including phenoxy) is 2. The Balaban J connectivity index is 1.30. The Morgan fingerprint density at radius 1 is 1.10 bits per heavy atom. The Hall–Kier alpha value is -4.39. The van der Waals surface area contributed by atoms with Gasteiger partial charge < -0.3 is 24.6 Å². The van der Waals surface area contributed by atoms with Gasteiger partial charge in [-0.3, -0.25) is 15.3 Å². The van der Waals surface area contributed by atoms with Crippen LogP contribution in [0, 0.1) is 12.7 Å². The van der Waals surface area contributed by atoms with Gasteiger partial charge in [-0.15, -0.1) is 11.3 Å². The molecule has 3 N–H and O–H groups in total. The van der Waals surface area contributed by atoms with Gasteiger partial charge in [0.05, 0.1) is 33.1 Å². The number of thiophene rings is 1. The number of methoxy groups -OCH3 is 1. The first kappa shape index (κ1) is 26.2. The van der Waals surface area contributed by atoms with Crippen LogP contribution in [-0.4, -0.2) is 41.4 Å². The number of aromatic nitrogens is 3. The van der Waals surface area contributed by atoms with Crippen molar-refractivity contribution in [2.24, 2.45) is 0 Å². The second kappa shape index (κ2) is 12.0. The highest BCUT2D eigenvalue weighted by molar-refractivity contribution is 7.22. The van der Waals surface area contributed by atoms with Crippen molar-refractivity contribution in [3.63, 3.8) is 0 Å². The molecule has 10 nitrogen and oxygen atoms in total. The zero-order valence-electron chi connectivity index (χ0n) is 21.2. The number of fused-ring (bicyclic) bond motifs is 1. The Kier molecular flexibility index (Phi) is 8.06. The number of pyridine rings is 2. The van der Waals surface area contributed by atoms with Crippen molar-refractivity contribution in [2.45, 2.75) is 13.5 Å². The van der Waals surface area contributed by atoms with Gasteiger partial charge in [0.25, 0.3) is 0 Å². The first-order valence-corrected chi connectivity index (χ1v) is 12.8. The monoisotopic (exact) mass is 548 g/mol. The number of nitrogens with one attached hydrogen (secondary N) is 3. The number of anilines is 2. The predicted octanol–water partition coefficient (Wildman–Crippen LogP) is 5.97. The molecule has 0 aliphatic carbocycles. The molecule has 12 heteroatoms. The second-order valence-corrected chi connectivity index (χ2v) is 9.52. The number of urea groups is 1. The molecule has 39 heavy (non-hydrogen) atoms. The average Bonchev–Trinajstić information content (AvgIpc) is 3.55. The third kappa shape index (κ3) is 6.55. The van der Waals surface area contributed by atoms with Crippen molar-refractivity contribution in [1.82, 2.24) is 20.4 Å². The van der Waals surface area contributed by atoms with Gasteiger partial charge in [0, 0.05) is 50.3 Å². The lowest BCUT2D eigenvalue weighted by Crippen LogP contribution is -2.19. The van der Waals surface area contributed by atoms with E-state index in [9.17, 15) is 9.18 Å². The number of halogens is 1. The number of hydrogen-bond acceptors (Lipinski definition) is 9. The fourth-order valence-electron chi connectivity index (χ4n) is 3.71. The Bertz CT molecular complexity index is 1600. The molecule has 0 aliphatic heterocycles. The van der Waals surface area contributed by atoms with Crippen molar-refractivity contribution in [3.05, 3.63) is 78.1 Å². The molecule has 200 valence electrons. The van der Waals surface area contributed by atoms with Gasteiger partial charge >= 0.3 is 6.03 Å². The fourth-order valence-corrected chi connectivity index (χ4v) is 4.75. The van der Waals surface area contributed by atoms with Crippen LogP contribution in [0.1, 0.15) is 11.5 Å². The number of aryl methyl sites for hydroxylation is 1. The molecule has 0 bridgehead atoms. The molecule has 0 saturated heterocycles. The number of carbonyl (C=O) groups is 1. The van der Waals surface area contributed by atoms with E-state index in [1.54, 1.807) is 38.4 Å². The molecule has 5 rings (SSSR count). The number of hydrogen-bond donors (Lipinski definition) is 3. The Labute approximate surface area is 227 Å². The molecule has 2 amide bonds. The summed E-state index contributed by atoms with van der Waals surface area (Å²) in [7, 11) is 1.67. The van der Waals surface area contributed by atoms with E-state index in [-0.39, 0.29) is 17.3 Å². The minimum atomic E-state index is -0.637. The highest BCUT2D eigenvalue weighted by Crippen LogP contribution is 2.39. The van der Waals surface area contributed by atoms with Gasteiger partial charge in [0.1, 0.15) is 11.5 Å². The maximum absolute atomic E-state index is 14.9. The summed E-state index contributed by atoms with van der Waals surface area (Å²) in [4.78, 5) is 22.3. The largest absolute Gasteiger partial charge is 0.453 e. The van der Waals surface area contributed by atoms with Gasteiger partial charge in [0.2, 0.25) is 0 Å². The molecule has 0 unspecified atom stereocenters. The highest BCUT2D eigenvalue weighted by atomic mass is 32.1. The van der Waals surface area contributed by atoms with Crippen LogP contribution >= 0.6 is 11.3 Å². The van der Waals surface area contributed by atoms with Gasteiger partial charge in [-0.1, -0.05) is 11.2 Å². The lowest BCUT2D eigenvalue weighted by molar-refractivity contribution is 0.199. The van der Waals surface area contributed by atoms with Crippen LogP contribution in [-0.2, 0) is 11.3 Å². The summed E-state index contributed by atoms with van der Waals surface area (Å²) in [5, 5.41) is 12.0. The van der Waals surface area contributed by atoms with E-state index in [0.717, 1.165) is 33.0 Å². The SMILES string of the molecule is COCCNCc1cccc(-c2cc3nccc(Oc4ccc(NC(=O)Nc5cc(C)on5)cc4F)c3s2)n1. The van der Waals surface area contributed by atoms with Crippen LogP contribution < -0.4 is 20.7 Å². The first-order valence-electron chi connectivity index (χ1n) is 12.0. The predicted molar refractivity (Wildman–Crippen MR) is 147 cm³/mol. The number of nitrogens with zero attached hydrogens (tertiary/aromatic N) is 3. The van der Waals surface area contributed by atoms with E-state index in [4.69, 9.17) is 19.0 Å². The molecule has 0 saturated carbocycles. The normalized spacial score (nSPS) is 11.1. The zero-order chi connectivity index (χ0) is 27.2. The molecule has 0 atom stereocenters. The first-order chi connectivity index (χ1) is 19.0. The van der Waals surface area contributed by atoms with Crippen LogP contribution in [0.4, 0.5) is 20.7 Å². The summed E-state index contributed by atoms with van der Waals surface area (Å²) in [5.74, 6) is 0.646. The maximum Gasteiger partial charge on any atom is 0.324 e. The molecule has 0 fully saturated rings. The van der Waals surface area contributed by atoms with Crippen molar-refractivity contribution < 1.29 is 23.2 Å². The standard InChI is InChI=1S/C27H25FN6O4S/c1-16-12-25(34-38-16)33-27(35)32-17-6-7-22(19(28)13-17)37-23-8-9-30-21-14-24(39-26(21)23)20-5-3-4-18(31-20)15-29-10-11-36-2/h3-9,12-14,29H,10-11,15H2,1-2H3,(H2,32,33,34,35). The smallest absolute Gasteiger partial charge is 0.324 e. The average molecular weight is 549 g/mol. The van der Waals surface area contributed by atoms with E-state index in [0.29, 0.717) is 24.7 Å². The van der Waals surface area contributed by atoms with Crippen LogP contribution in [0.3, 0.4) is 0 Å². The minimum absolute atomic E-state index is 0.0118. The number of carbonyl (C=O) groups excluding carboxylic acids is 1. The summed E-state index contributed by atoms with van der Waals surface area (Å²) in [5.41, 5.74) is 2.69. The molecular weight excluding hydrogens is 523 g/mol. The van der Waals surface area contributed by atoms with Gasteiger partial charge in [-0.25, -0.2) is 9.18 Å². The summed E-state index contributed by atoms with van der Waals surface area (Å²) >= 11 is 1.47. The molecule has 4 aromatic heterocycles. The molecule has 4 heterocycles. The summed E-state index contributed by atoms with van der Waals surface area (Å²) in [6.45, 7) is 3.69. The van der Waals surface area contributed by atoms with Crippen LogP contribution in [0.5, 0.6) is 11.5 Å². The molecule has 0 radical (unpaired) electrons. The molecule has 1 aromatic carbocycles. The van der Waals surface area contributed by atoms with E-state index in [2.05, 4.69) is 26.1 Å². The lowest BCUT2D eigenvalue weighted by Gasteiger charge is -2.10. The molecular formula is C27H25FN6O4S. The topological polar surface area (TPSA) is 123 Å². The highest BCUT2D eigenvalue weighted by Gasteiger charge is 2.15. The lowest BCUT2D eigenvalue weighted by atomic mass is 10.2. The van der Waals surface area contributed by atoms with Crippen LogP contribution in [0.25, 0.3) is 20.8 Å². The summed E-state index contributed by atoms with van der Waals surface area (Å²) in [6.07, 6.45) is 1.61. The van der Waals surface area contributed by atoms with Crippen molar-refractivity contribution in [1.29, 1.82) is 0 Å². The second-order valence-electron chi connectivity index (χ2n) is 8.47. The van der Waals surface area contributed by atoms with Crippen LogP contribution in [0.15, 0.2) is 65.3 Å². The Morgan fingerprint density at radius 3 is 2.79 bits per heavy atom. The van der Waals surface area contributed by atoms with E-state index < -0.39 is 11.8 Å². The van der Waals surface area contributed by atoms with Crippen molar-refractivity contribution in [2.75, 3.05) is 30.9 Å². The van der Waals surface area contributed by atoms with Gasteiger partial charge in [0.15, 0.2) is 17.4 Å². The summed E-state index contributed by atoms with van der Waals surface area (Å²) in [6, 6.07) is 14.6. The third-order valence-corrected chi connectivity index (χ3v) is 6.66. The van der Waals surface area contributed by atoms with E-state index in [1.165, 1.54) is 23.5 Å². The molecule has 5 aromatic rings. The minimum Gasteiger partial charge on any atom is -0.453 e. The number of benzene rings is 1. The molecule has 0 spiro atoms. The fraction of sp³-hybridized carbons (Fsp3) is 0.185. The quantitative estimate of drug-likeness (QED) is 0.183. The number of amides is 2. The summed E-state index contributed by atoms with van der Waals surface area (Å²) < 4.78 is 31.6. The van der Waals surface area contributed by atoms with Gasteiger partial charge in [-0.2, -0.15) is 0 Å². The van der Waals surface area contributed by atoms with Crippen molar-refractivity contribution in [3.8, 4) is 22.1 Å². The number of rotatable bonds is 10. The third-order valence-electron chi connectivity index (χ3n) is 5.50. The maximum atomic E-state index is 14.9. The zero-order valence-corrected chi connectivity index (χ0v) is 22.0. The van der Waals surface area contributed by atoms with E-state index in [1.807, 2.05) is 24.3 Å².